The van der Waals surface area contributed by atoms with Gasteiger partial charge in [0.05, 0.1) is 0 Å². The molecule has 0 saturated carbocycles. The van der Waals surface area contributed by atoms with Crippen LogP contribution in [0.3, 0.4) is 0 Å². The lowest BCUT2D eigenvalue weighted by Crippen LogP contribution is -1.97. The maximum Gasteiger partial charge on any atom is 0.178 e. The van der Waals surface area contributed by atoms with Gasteiger partial charge in [0.25, 0.3) is 0 Å². The third kappa shape index (κ3) is 2.25. The molecule has 1 aromatic carbocycles. The molecule has 2 nitrogen and oxygen atoms in total. The topological polar surface area (TPSA) is 17.8 Å². The van der Waals surface area contributed by atoms with Crippen molar-refractivity contribution in [2.45, 2.75) is 6.54 Å². The van der Waals surface area contributed by atoms with Crippen molar-refractivity contribution in [2.75, 3.05) is 0 Å². The average Bonchev–Trinajstić information content (AvgIpc) is 2.47. The minimum atomic E-state index is 0.833. The third-order valence-electron chi connectivity index (χ3n) is 1.89. The fourth-order valence-electron chi connectivity index (χ4n) is 1.25. The van der Waals surface area contributed by atoms with Crippen LogP contribution in [0, 0.1) is 0 Å². The molecule has 0 atom stereocenters. The molecule has 0 bridgehead atoms. The third-order valence-corrected chi connectivity index (χ3v) is 2.91. The zero-order chi connectivity index (χ0) is 9.97. The van der Waals surface area contributed by atoms with E-state index in [-0.39, 0.29) is 0 Å². The number of hydrogen-bond acceptors (Lipinski definition) is 1. The maximum absolute atomic E-state index is 4.20. The van der Waals surface area contributed by atoms with E-state index in [0.717, 1.165) is 15.9 Å². The Balaban J connectivity index is 2.23. The minimum Gasteiger partial charge on any atom is -0.320 e. The lowest BCUT2D eigenvalue weighted by molar-refractivity contribution is 0.774. The molecule has 0 fully saturated rings. The zero-order valence-corrected chi connectivity index (χ0v) is 10.5. The molecule has 1 aromatic heterocycles. The van der Waals surface area contributed by atoms with Crippen LogP contribution < -0.4 is 0 Å². The van der Waals surface area contributed by atoms with Crippen LogP contribution in [-0.2, 0) is 6.54 Å². The van der Waals surface area contributed by atoms with E-state index in [0.29, 0.717) is 0 Å². The number of hydrogen-bond donors (Lipinski definition) is 0. The van der Waals surface area contributed by atoms with Gasteiger partial charge in [0.1, 0.15) is 4.60 Å². The highest BCUT2D eigenvalue weighted by molar-refractivity contribution is 9.11. The summed E-state index contributed by atoms with van der Waals surface area (Å²) in [5, 5.41) is 0. The van der Waals surface area contributed by atoms with Gasteiger partial charge in [-0.3, -0.25) is 0 Å². The second-order valence-corrected chi connectivity index (χ2v) is 4.47. The first kappa shape index (κ1) is 9.93. The number of halogens is 2. The predicted octanol–water partition coefficient (Wildman–Crippen LogP) is 3.46. The number of benzene rings is 1. The van der Waals surface area contributed by atoms with E-state index < -0.39 is 0 Å². The Hall–Kier alpha value is -0.610. The molecule has 2 aromatic rings. The van der Waals surface area contributed by atoms with Gasteiger partial charge in [-0.1, -0.05) is 30.3 Å². The summed E-state index contributed by atoms with van der Waals surface area (Å²) < 4.78 is 3.73. The molecule has 1 heterocycles. The number of imidazole rings is 1. The summed E-state index contributed by atoms with van der Waals surface area (Å²) in [7, 11) is 0. The molecule has 0 unspecified atom stereocenters. The summed E-state index contributed by atoms with van der Waals surface area (Å²) in [6.07, 6.45) is 1.96. The monoisotopic (exact) mass is 314 g/mol. The Labute approximate surface area is 99.2 Å². The van der Waals surface area contributed by atoms with Gasteiger partial charge in [-0.05, 0) is 37.4 Å². The molecule has 0 aliphatic carbocycles. The lowest BCUT2D eigenvalue weighted by Gasteiger charge is -2.02. The van der Waals surface area contributed by atoms with Crippen molar-refractivity contribution in [3.05, 3.63) is 51.4 Å². The van der Waals surface area contributed by atoms with Gasteiger partial charge in [0, 0.05) is 12.7 Å². The van der Waals surface area contributed by atoms with E-state index in [1.54, 1.807) is 0 Å². The molecule has 0 spiro atoms. The molecule has 72 valence electrons. The Bertz CT molecular complexity index is 423. The Kier molecular flexibility index (Phi) is 3.03. The van der Waals surface area contributed by atoms with Gasteiger partial charge >= 0.3 is 0 Å². The summed E-state index contributed by atoms with van der Waals surface area (Å²) in [4.78, 5) is 4.20. The summed E-state index contributed by atoms with van der Waals surface area (Å²) >= 11 is 6.73. The van der Waals surface area contributed by atoms with Crippen molar-refractivity contribution in [3.63, 3.8) is 0 Å². The van der Waals surface area contributed by atoms with E-state index >= 15 is 0 Å². The van der Waals surface area contributed by atoms with Crippen molar-refractivity contribution in [3.8, 4) is 0 Å². The first-order valence-corrected chi connectivity index (χ1v) is 5.76. The highest BCUT2D eigenvalue weighted by atomic mass is 79.9. The largest absolute Gasteiger partial charge is 0.320 e. The van der Waals surface area contributed by atoms with E-state index in [9.17, 15) is 0 Å². The Morgan fingerprint density at radius 1 is 1.14 bits per heavy atom. The second-order valence-electron chi connectivity index (χ2n) is 2.95. The normalized spacial score (nSPS) is 10.4. The Morgan fingerprint density at radius 3 is 2.43 bits per heavy atom. The summed E-state index contributed by atoms with van der Waals surface area (Å²) in [5.41, 5.74) is 1.26. The molecule has 4 heteroatoms. The summed E-state index contributed by atoms with van der Waals surface area (Å²) in [6.45, 7) is 0.833. The van der Waals surface area contributed by atoms with Crippen molar-refractivity contribution in [1.82, 2.24) is 9.55 Å². The van der Waals surface area contributed by atoms with Gasteiger partial charge in [0.15, 0.2) is 4.73 Å². The maximum atomic E-state index is 4.20. The van der Waals surface area contributed by atoms with Crippen molar-refractivity contribution in [1.29, 1.82) is 0 Å². The first-order valence-electron chi connectivity index (χ1n) is 4.18. The van der Waals surface area contributed by atoms with Crippen LogP contribution in [0.4, 0.5) is 0 Å². The fourth-order valence-corrected chi connectivity index (χ4v) is 2.33. The molecule has 0 saturated heterocycles. The number of aromatic nitrogens is 2. The van der Waals surface area contributed by atoms with E-state index in [2.05, 4.69) is 49.0 Å². The minimum absolute atomic E-state index is 0.833. The van der Waals surface area contributed by atoms with Gasteiger partial charge in [-0.2, -0.15) is 0 Å². The molecule has 0 aliphatic heterocycles. The molecule has 0 aliphatic rings. The quantitative estimate of drug-likeness (QED) is 0.830. The predicted molar refractivity (Wildman–Crippen MR) is 63.2 cm³/mol. The van der Waals surface area contributed by atoms with Gasteiger partial charge < -0.3 is 4.57 Å². The zero-order valence-electron chi connectivity index (χ0n) is 7.32. The van der Waals surface area contributed by atoms with Crippen LogP contribution in [0.1, 0.15) is 5.56 Å². The molecule has 0 amide bonds. The van der Waals surface area contributed by atoms with Crippen LogP contribution in [0.5, 0.6) is 0 Å². The van der Waals surface area contributed by atoms with E-state index in [4.69, 9.17) is 0 Å². The molecule has 2 rings (SSSR count). The van der Waals surface area contributed by atoms with Gasteiger partial charge in [-0.25, -0.2) is 4.98 Å². The molecular formula is C10H8Br2N2. The first-order chi connectivity index (χ1) is 6.75. The molecule has 14 heavy (non-hydrogen) atoms. The van der Waals surface area contributed by atoms with Crippen LogP contribution in [0.25, 0.3) is 0 Å². The van der Waals surface area contributed by atoms with Gasteiger partial charge in [-0.15, -0.1) is 0 Å². The second kappa shape index (κ2) is 4.28. The highest BCUT2D eigenvalue weighted by Gasteiger charge is 2.02. The molecule has 0 N–H and O–H groups in total. The smallest absolute Gasteiger partial charge is 0.178 e. The molecule has 0 radical (unpaired) electrons. The summed E-state index contributed by atoms with van der Waals surface area (Å²) in [6, 6.07) is 10.3. The fraction of sp³-hybridized carbons (Fsp3) is 0.100. The van der Waals surface area contributed by atoms with Crippen LogP contribution in [-0.4, -0.2) is 9.55 Å². The number of rotatable bonds is 2. The number of nitrogens with zero attached hydrogens (tertiary/aromatic N) is 2. The van der Waals surface area contributed by atoms with E-state index in [1.807, 2.05) is 29.0 Å². The van der Waals surface area contributed by atoms with Crippen LogP contribution >= 0.6 is 31.9 Å². The highest BCUT2D eigenvalue weighted by Crippen LogP contribution is 2.16. The standard InChI is InChI=1S/C10H8Br2N2/c11-9-7-14(10(12)13-9)6-8-4-2-1-3-5-8/h1-5,7H,6H2. The van der Waals surface area contributed by atoms with Crippen molar-refractivity contribution >= 4 is 31.9 Å². The SMILES string of the molecule is Brc1cn(Cc2ccccc2)c(Br)n1. The van der Waals surface area contributed by atoms with Crippen LogP contribution in [0.2, 0.25) is 0 Å². The average molecular weight is 316 g/mol. The van der Waals surface area contributed by atoms with Crippen molar-refractivity contribution in [2.24, 2.45) is 0 Å². The Morgan fingerprint density at radius 2 is 1.86 bits per heavy atom. The lowest BCUT2D eigenvalue weighted by atomic mass is 10.2. The van der Waals surface area contributed by atoms with Gasteiger partial charge in [0.2, 0.25) is 0 Å². The van der Waals surface area contributed by atoms with E-state index in [1.165, 1.54) is 5.56 Å². The van der Waals surface area contributed by atoms with Crippen molar-refractivity contribution < 1.29 is 0 Å². The molecular weight excluding hydrogens is 308 g/mol. The van der Waals surface area contributed by atoms with Crippen LogP contribution in [0.15, 0.2) is 45.9 Å². The summed E-state index contributed by atoms with van der Waals surface area (Å²) in [5.74, 6) is 0.